The van der Waals surface area contributed by atoms with Crippen molar-refractivity contribution in [3.05, 3.63) is 64.7 Å². The second-order valence-corrected chi connectivity index (χ2v) is 5.09. The Morgan fingerprint density at radius 3 is 2.41 bits per heavy atom. The van der Waals surface area contributed by atoms with Gasteiger partial charge < -0.3 is 9.84 Å². The van der Waals surface area contributed by atoms with Crippen molar-refractivity contribution in [2.75, 3.05) is 6.61 Å². The Morgan fingerprint density at radius 1 is 1.14 bits per heavy atom. The lowest BCUT2D eigenvalue weighted by Crippen LogP contribution is -2.08. The van der Waals surface area contributed by atoms with Gasteiger partial charge in [0, 0.05) is 17.5 Å². The molecule has 1 N–H and O–H groups in total. The Balaban J connectivity index is 2.19. The average molecular weight is 298 g/mol. The molecule has 0 spiro atoms. The van der Waals surface area contributed by atoms with Crippen LogP contribution in [0.2, 0.25) is 0 Å². The van der Waals surface area contributed by atoms with Gasteiger partial charge in [0.1, 0.15) is 5.75 Å². The van der Waals surface area contributed by atoms with E-state index in [0.717, 1.165) is 5.56 Å². The van der Waals surface area contributed by atoms with E-state index in [1.807, 2.05) is 30.3 Å². The van der Waals surface area contributed by atoms with Gasteiger partial charge in [0.15, 0.2) is 5.78 Å². The summed E-state index contributed by atoms with van der Waals surface area (Å²) in [5.41, 5.74) is 2.12. The van der Waals surface area contributed by atoms with Crippen LogP contribution in [0.5, 0.6) is 5.75 Å². The van der Waals surface area contributed by atoms with Crippen LogP contribution in [-0.4, -0.2) is 23.5 Å². The summed E-state index contributed by atoms with van der Waals surface area (Å²) in [6.07, 6.45) is 0.715. The number of hydrogen-bond acceptors (Lipinski definition) is 3. The smallest absolute Gasteiger partial charge is 0.336 e. The Morgan fingerprint density at radius 2 is 1.82 bits per heavy atom. The van der Waals surface area contributed by atoms with Crippen molar-refractivity contribution in [1.82, 2.24) is 0 Å². The van der Waals surface area contributed by atoms with Gasteiger partial charge in [-0.3, -0.25) is 4.79 Å². The highest BCUT2D eigenvalue weighted by atomic mass is 16.5. The molecule has 0 aliphatic heterocycles. The highest BCUT2D eigenvalue weighted by molar-refractivity contribution is 5.99. The van der Waals surface area contributed by atoms with Crippen molar-refractivity contribution in [2.24, 2.45) is 0 Å². The van der Waals surface area contributed by atoms with Gasteiger partial charge in [-0.05, 0) is 31.5 Å². The molecule has 0 radical (unpaired) electrons. The van der Waals surface area contributed by atoms with Crippen LogP contribution < -0.4 is 4.74 Å². The molecule has 0 aliphatic carbocycles. The van der Waals surface area contributed by atoms with Crippen LogP contribution in [0.3, 0.4) is 0 Å². The number of Topliss-reactive ketones (excluding diaryl/α,β-unsaturated/α-hetero) is 1. The van der Waals surface area contributed by atoms with Crippen LogP contribution in [-0.2, 0) is 6.42 Å². The van der Waals surface area contributed by atoms with Crippen molar-refractivity contribution in [1.29, 1.82) is 0 Å². The van der Waals surface area contributed by atoms with Crippen LogP contribution in [0.15, 0.2) is 42.5 Å². The van der Waals surface area contributed by atoms with E-state index >= 15 is 0 Å². The number of rotatable bonds is 6. The number of carboxylic acid groups (broad SMARTS) is 1. The summed E-state index contributed by atoms with van der Waals surface area (Å²) in [5.74, 6) is -0.801. The number of carboxylic acids is 1. The standard InChI is InChI=1S/C18H18O4/c1-12-16(18(20)21)10-15(13(2)19)11-17(12)22-9-8-14-6-4-3-5-7-14/h3-7,10-11H,8-9H2,1-2H3,(H,20,21). The van der Waals surface area contributed by atoms with Gasteiger partial charge in [-0.1, -0.05) is 30.3 Å². The largest absolute Gasteiger partial charge is 0.493 e. The first-order valence-electron chi connectivity index (χ1n) is 7.04. The molecule has 2 rings (SSSR count). The quantitative estimate of drug-likeness (QED) is 0.829. The van der Waals surface area contributed by atoms with Gasteiger partial charge in [0.05, 0.1) is 12.2 Å². The molecule has 0 fully saturated rings. The van der Waals surface area contributed by atoms with Crippen LogP contribution in [0.1, 0.15) is 38.8 Å². The van der Waals surface area contributed by atoms with Crippen molar-refractivity contribution in [3.8, 4) is 5.75 Å². The number of carbonyl (C=O) groups excluding carboxylic acids is 1. The number of hydrogen-bond donors (Lipinski definition) is 1. The number of ketones is 1. The Hall–Kier alpha value is -2.62. The third kappa shape index (κ3) is 3.73. The molecule has 114 valence electrons. The van der Waals surface area contributed by atoms with E-state index in [4.69, 9.17) is 4.74 Å². The summed E-state index contributed by atoms with van der Waals surface area (Å²) in [4.78, 5) is 22.8. The predicted octanol–water partition coefficient (Wildman–Crippen LogP) is 3.52. The molecule has 0 aromatic heterocycles. The van der Waals surface area contributed by atoms with Gasteiger partial charge in [-0.2, -0.15) is 0 Å². The van der Waals surface area contributed by atoms with Gasteiger partial charge >= 0.3 is 5.97 Å². The molecular weight excluding hydrogens is 280 g/mol. The molecule has 4 nitrogen and oxygen atoms in total. The minimum Gasteiger partial charge on any atom is -0.493 e. The average Bonchev–Trinajstić information content (AvgIpc) is 2.49. The van der Waals surface area contributed by atoms with Crippen molar-refractivity contribution in [2.45, 2.75) is 20.3 Å². The summed E-state index contributed by atoms with van der Waals surface area (Å²) in [7, 11) is 0. The zero-order valence-corrected chi connectivity index (χ0v) is 12.6. The van der Waals surface area contributed by atoms with Gasteiger partial charge in [0.2, 0.25) is 0 Å². The van der Waals surface area contributed by atoms with E-state index < -0.39 is 5.97 Å². The van der Waals surface area contributed by atoms with E-state index in [0.29, 0.717) is 29.9 Å². The first kappa shape index (κ1) is 15.8. The number of carbonyl (C=O) groups is 2. The predicted molar refractivity (Wildman–Crippen MR) is 83.8 cm³/mol. The highest BCUT2D eigenvalue weighted by Gasteiger charge is 2.15. The fourth-order valence-corrected chi connectivity index (χ4v) is 2.19. The van der Waals surface area contributed by atoms with Crippen molar-refractivity contribution >= 4 is 11.8 Å². The first-order chi connectivity index (χ1) is 10.5. The molecular formula is C18H18O4. The Bertz CT molecular complexity index is 690. The van der Waals surface area contributed by atoms with Gasteiger partial charge in [-0.25, -0.2) is 4.79 Å². The van der Waals surface area contributed by atoms with Crippen molar-refractivity contribution < 1.29 is 19.4 Å². The molecule has 0 amide bonds. The molecule has 2 aromatic rings. The number of ether oxygens (including phenoxy) is 1. The number of aromatic carboxylic acids is 1. The Kier molecular flexibility index (Phi) is 4.94. The van der Waals surface area contributed by atoms with Crippen molar-refractivity contribution in [3.63, 3.8) is 0 Å². The summed E-state index contributed by atoms with van der Waals surface area (Å²) >= 11 is 0. The SMILES string of the molecule is CC(=O)c1cc(OCCc2ccccc2)c(C)c(C(=O)O)c1. The molecule has 0 aliphatic rings. The van der Waals surface area contributed by atoms with E-state index in [9.17, 15) is 14.7 Å². The minimum atomic E-state index is -1.06. The second-order valence-electron chi connectivity index (χ2n) is 5.09. The lowest BCUT2D eigenvalue weighted by Gasteiger charge is -2.13. The fourth-order valence-electron chi connectivity index (χ4n) is 2.19. The summed E-state index contributed by atoms with van der Waals surface area (Å²) in [6, 6.07) is 12.9. The van der Waals surface area contributed by atoms with E-state index in [1.54, 1.807) is 13.0 Å². The fraction of sp³-hybridized carbons (Fsp3) is 0.222. The zero-order chi connectivity index (χ0) is 16.1. The maximum atomic E-state index is 11.5. The van der Waals surface area contributed by atoms with Gasteiger partial charge in [0.25, 0.3) is 0 Å². The highest BCUT2D eigenvalue weighted by Crippen LogP contribution is 2.25. The maximum absolute atomic E-state index is 11.5. The second kappa shape index (κ2) is 6.89. The zero-order valence-electron chi connectivity index (χ0n) is 12.6. The lowest BCUT2D eigenvalue weighted by atomic mass is 10.0. The first-order valence-corrected chi connectivity index (χ1v) is 7.04. The molecule has 0 saturated carbocycles. The van der Waals surface area contributed by atoms with E-state index in [1.165, 1.54) is 13.0 Å². The number of benzene rings is 2. The third-order valence-corrected chi connectivity index (χ3v) is 3.49. The molecule has 2 aromatic carbocycles. The summed E-state index contributed by atoms with van der Waals surface area (Å²) in [6.45, 7) is 3.51. The topological polar surface area (TPSA) is 63.6 Å². The third-order valence-electron chi connectivity index (χ3n) is 3.49. The van der Waals surface area contributed by atoms with Crippen LogP contribution in [0.25, 0.3) is 0 Å². The molecule has 0 bridgehead atoms. The van der Waals surface area contributed by atoms with E-state index in [-0.39, 0.29) is 11.3 Å². The molecule has 4 heteroatoms. The Labute approximate surface area is 129 Å². The monoisotopic (exact) mass is 298 g/mol. The molecule has 0 unspecified atom stereocenters. The van der Waals surface area contributed by atoms with E-state index in [2.05, 4.69) is 0 Å². The van der Waals surface area contributed by atoms with Crippen LogP contribution >= 0.6 is 0 Å². The molecule has 0 saturated heterocycles. The summed E-state index contributed by atoms with van der Waals surface area (Å²) in [5, 5.41) is 9.23. The molecule has 22 heavy (non-hydrogen) atoms. The minimum absolute atomic E-state index is 0.0995. The maximum Gasteiger partial charge on any atom is 0.336 e. The normalized spacial score (nSPS) is 10.3. The lowest BCUT2D eigenvalue weighted by molar-refractivity contribution is 0.0695. The summed E-state index contributed by atoms with van der Waals surface area (Å²) < 4.78 is 5.71. The molecule has 0 atom stereocenters. The van der Waals surface area contributed by atoms with Crippen LogP contribution in [0, 0.1) is 6.92 Å². The van der Waals surface area contributed by atoms with Crippen LogP contribution in [0.4, 0.5) is 0 Å². The molecule has 0 heterocycles. The van der Waals surface area contributed by atoms with Gasteiger partial charge in [-0.15, -0.1) is 0 Å².